The number of fused-ring (bicyclic) bond motifs is 1. The van der Waals surface area contributed by atoms with Crippen molar-refractivity contribution in [3.8, 4) is 0 Å². The van der Waals surface area contributed by atoms with Gasteiger partial charge in [-0.2, -0.15) is 0 Å². The smallest absolute Gasteiger partial charge is 0.269 e. The zero-order chi connectivity index (χ0) is 17.6. The SMILES string of the molecule is CCc1ccc(C(=O)NNC(=O)Cc2ccc3ccccc3c2)cc1. The highest BCUT2D eigenvalue weighted by Crippen LogP contribution is 2.15. The number of nitrogens with one attached hydrogen (secondary N) is 2. The van der Waals surface area contributed by atoms with E-state index >= 15 is 0 Å². The molecule has 0 spiro atoms. The Morgan fingerprint density at radius 1 is 0.800 bits per heavy atom. The van der Waals surface area contributed by atoms with Gasteiger partial charge < -0.3 is 0 Å². The molecule has 3 rings (SSSR count). The first-order chi connectivity index (χ1) is 12.2. The molecular weight excluding hydrogens is 312 g/mol. The number of hydrazine groups is 1. The van der Waals surface area contributed by atoms with Gasteiger partial charge in [0.15, 0.2) is 0 Å². The van der Waals surface area contributed by atoms with Crippen LogP contribution in [-0.4, -0.2) is 11.8 Å². The summed E-state index contributed by atoms with van der Waals surface area (Å²) in [5.41, 5.74) is 7.50. The second kappa shape index (κ2) is 7.62. The minimum atomic E-state index is -0.325. The number of carbonyl (C=O) groups is 2. The molecule has 0 unspecified atom stereocenters. The summed E-state index contributed by atoms with van der Waals surface area (Å²) < 4.78 is 0. The summed E-state index contributed by atoms with van der Waals surface area (Å²) in [6.07, 6.45) is 1.13. The van der Waals surface area contributed by atoms with Crippen molar-refractivity contribution in [1.29, 1.82) is 0 Å². The zero-order valence-electron chi connectivity index (χ0n) is 14.1. The summed E-state index contributed by atoms with van der Waals surface area (Å²) >= 11 is 0. The first-order valence-electron chi connectivity index (χ1n) is 8.31. The van der Waals surface area contributed by atoms with Gasteiger partial charge in [0.05, 0.1) is 6.42 Å². The Morgan fingerprint density at radius 3 is 2.20 bits per heavy atom. The molecule has 3 aromatic rings. The van der Waals surface area contributed by atoms with Crippen LogP contribution in [0.15, 0.2) is 66.7 Å². The summed E-state index contributed by atoms with van der Waals surface area (Å²) in [5, 5.41) is 2.23. The van der Waals surface area contributed by atoms with Gasteiger partial charge >= 0.3 is 0 Å². The van der Waals surface area contributed by atoms with E-state index in [-0.39, 0.29) is 18.2 Å². The predicted molar refractivity (Wildman–Crippen MR) is 99.1 cm³/mol. The molecule has 0 aromatic heterocycles. The number of rotatable bonds is 4. The van der Waals surface area contributed by atoms with Crippen LogP contribution in [0.2, 0.25) is 0 Å². The van der Waals surface area contributed by atoms with Crippen LogP contribution in [0.25, 0.3) is 10.8 Å². The Balaban J connectivity index is 1.57. The van der Waals surface area contributed by atoms with Crippen LogP contribution in [0.3, 0.4) is 0 Å². The number of carbonyl (C=O) groups excluding carboxylic acids is 2. The Morgan fingerprint density at radius 2 is 1.48 bits per heavy atom. The molecule has 25 heavy (non-hydrogen) atoms. The van der Waals surface area contributed by atoms with Crippen LogP contribution < -0.4 is 10.9 Å². The van der Waals surface area contributed by atoms with Crippen molar-refractivity contribution in [2.45, 2.75) is 19.8 Å². The van der Waals surface area contributed by atoms with E-state index in [1.807, 2.05) is 54.6 Å². The maximum atomic E-state index is 12.1. The summed E-state index contributed by atoms with van der Waals surface area (Å²) in [7, 11) is 0. The van der Waals surface area contributed by atoms with Gasteiger partial charge in [0.2, 0.25) is 5.91 Å². The van der Waals surface area contributed by atoms with E-state index in [4.69, 9.17) is 0 Å². The predicted octanol–water partition coefficient (Wildman–Crippen LogP) is 3.41. The van der Waals surface area contributed by atoms with Crippen molar-refractivity contribution in [2.75, 3.05) is 0 Å². The Bertz CT molecular complexity index is 901. The van der Waals surface area contributed by atoms with Crippen LogP contribution in [0.4, 0.5) is 0 Å². The summed E-state index contributed by atoms with van der Waals surface area (Å²) in [6, 6.07) is 21.2. The topological polar surface area (TPSA) is 58.2 Å². The average Bonchev–Trinajstić information content (AvgIpc) is 2.66. The number of aryl methyl sites for hydroxylation is 1. The Hall–Kier alpha value is -3.14. The van der Waals surface area contributed by atoms with Gasteiger partial charge in [-0.05, 0) is 40.5 Å². The maximum Gasteiger partial charge on any atom is 0.269 e. The Kier molecular flexibility index (Phi) is 5.09. The molecule has 0 aliphatic heterocycles. The van der Waals surface area contributed by atoms with Crippen molar-refractivity contribution in [1.82, 2.24) is 10.9 Å². The van der Waals surface area contributed by atoms with Crippen LogP contribution in [0.1, 0.15) is 28.4 Å². The van der Waals surface area contributed by atoms with Gasteiger partial charge in [0, 0.05) is 5.56 Å². The van der Waals surface area contributed by atoms with Gasteiger partial charge in [0.25, 0.3) is 5.91 Å². The normalized spacial score (nSPS) is 10.4. The lowest BCUT2D eigenvalue weighted by atomic mass is 10.1. The molecular formula is C21H20N2O2. The summed E-state index contributed by atoms with van der Waals surface area (Å²) in [6.45, 7) is 2.06. The fraction of sp³-hybridized carbons (Fsp3) is 0.143. The molecule has 2 N–H and O–H groups in total. The third kappa shape index (κ3) is 4.23. The van der Waals surface area contributed by atoms with Gasteiger partial charge in [0.1, 0.15) is 0 Å². The number of hydrogen-bond donors (Lipinski definition) is 2. The molecule has 4 nitrogen and oxygen atoms in total. The highest BCUT2D eigenvalue weighted by atomic mass is 16.2. The third-order valence-corrected chi connectivity index (χ3v) is 4.12. The third-order valence-electron chi connectivity index (χ3n) is 4.12. The molecule has 126 valence electrons. The molecule has 0 aliphatic carbocycles. The lowest BCUT2D eigenvalue weighted by Crippen LogP contribution is -2.42. The van der Waals surface area contributed by atoms with E-state index < -0.39 is 0 Å². The van der Waals surface area contributed by atoms with E-state index in [0.717, 1.165) is 28.3 Å². The van der Waals surface area contributed by atoms with Crippen molar-refractivity contribution < 1.29 is 9.59 Å². The zero-order valence-corrected chi connectivity index (χ0v) is 14.1. The number of benzene rings is 3. The monoisotopic (exact) mass is 332 g/mol. The average molecular weight is 332 g/mol. The summed E-state index contributed by atoms with van der Waals surface area (Å²) in [4.78, 5) is 24.1. The van der Waals surface area contributed by atoms with Crippen LogP contribution in [0, 0.1) is 0 Å². The minimum absolute atomic E-state index is 0.208. The van der Waals surface area contributed by atoms with Crippen LogP contribution in [0.5, 0.6) is 0 Å². The van der Waals surface area contributed by atoms with Crippen molar-refractivity contribution in [3.05, 3.63) is 83.4 Å². The van der Waals surface area contributed by atoms with E-state index in [9.17, 15) is 9.59 Å². The molecule has 0 aliphatic rings. The number of hydrogen-bond acceptors (Lipinski definition) is 2. The standard InChI is InChI=1S/C21H20N2O2/c1-2-15-7-11-18(12-8-15)21(25)23-22-20(24)14-16-9-10-17-5-3-4-6-19(17)13-16/h3-13H,2,14H2,1H3,(H,22,24)(H,23,25). The molecule has 0 fully saturated rings. The lowest BCUT2D eigenvalue weighted by molar-refractivity contribution is -0.121. The lowest BCUT2D eigenvalue weighted by Gasteiger charge is -2.08. The largest absolute Gasteiger partial charge is 0.273 e. The van der Waals surface area contributed by atoms with Gasteiger partial charge in [-0.25, -0.2) is 0 Å². The second-order valence-corrected chi connectivity index (χ2v) is 5.91. The molecule has 0 atom stereocenters. The molecule has 0 heterocycles. The van der Waals surface area contributed by atoms with Crippen molar-refractivity contribution in [2.24, 2.45) is 0 Å². The first kappa shape index (κ1) is 16.7. The van der Waals surface area contributed by atoms with Crippen molar-refractivity contribution in [3.63, 3.8) is 0 Å². The highest BCUT2D eigenvalue weighted by molar-refractivity contribution is 5.95. The quantitative estimate of drug-likeness (QED) is 0.719. The molecule has 0 saturated heterocycles. The van der Waals surface area contributed by atoms with Crippen molar-refractivity contribution >= 4 is 22.6 Å². The highest BCUT2D eigenvalue weighted by Gasteiger charge is 2.08. The molecule has 3 aromatic carbocycles. The minimum Gasteiger partial charge on any atom is -0.273 e. The molecule has 0 saturated carbocycles. The molecule has 0 bridgehead atoms. The Labute approximate surface area is 146 Å². The van der Waals surface area contributed by atoms with Gasteiger partial charge in [-0.1, -0.05) is 61.5 Å². The van der Waals surface area contributed by atoms with E-state index in [2.05, 4.69) is 17.8 Å². The van der Waals surface area contributed by atoms with Gasteiger partial charge in [-0.3, -0.25) is 20.4 Å². The molecule has 0 radical (unpaired) electrons. The summed E-state index contributed by atoms with van der Waals surface area (Å²) in [5.74, 6) is -0.580. The molecule has 2 amide bonds. The maximum absolute atomic E-state index is 12.1. The van der Waals surface area contributed by atoms with Crippen LogP contribution >= 0.6 is 0 Å². The fourth-order valence-corrected chi connectivity index (χ4v) is 2.67. The van der Waals surface area contributed by atoms with Crippen LogP contribution in [-0.2, 0) is 17.6 Å². The fourth-order valence-electron chi connectivity index (χ4n) is 2.67. The first-order valence-corrected chi connectivity index (χ1v) is 8.31. The number of amides is 2. The van der Waals surface area contributed by atoms with Gasteiger partial charge in [-0.15, -0.1) is 0 Å². The van der Waals surface area contributed by atoms with E-state index in [0.29, 0.717) is 5.56 Å². The second-order valence-electron chi connectivity index (χ2n) is 5.91. The van der Waals surface area contributed by atoms with E-state index in [1.165, 1.54) is 0 Å². The molecule has 4 heteroatoms. The van der Waals surface area contributed by atoms with E-state index in [1.54, 1.807) is 12.1 Å².